The van der Waals surface area contributed by atoms with E-state index >= 15 is 0 Å². The van der Waals surface area contributed by atoms with Gasteiger partial charge in [-0.2, -0.15) is 14.9 Å². The molecule has 0 aliphatic carbocycles. The number of carbonyl (C=O) groups excluding carboxylic acids is 3. The SMILES string of the molecule is Cc1c(C)n(Cc2ccc(-c3ccccc3)cc2)c2ccc(C(=O)N[C@H](C)c3ccccc3C#N)cc12.O=C=O. The monoisotopic (exact) mass is 527 g/mol. The minimum absolute atomic E-state index is 0.150. The van der Waals surface area contributed by atoms with Crippen LogP contribution in [0.3, 0.4) is 0 Å². The molecule has 0 saturated carbocycles. The molecule has 198 valence electrons. The number of hydrogen-bond donors (Lipinski definition) is 1. The molecule has 1 aromatic heterocycles. The molecule has 0 aliphatic heterocycles. The summed E-state index contributed by atoms with van der Waals surface area (Å²) in [5, 5.41) is 13.5. The normalized spacial score (nSPS) is 11.1. The van der Waals surface area contributed by atoms with Gasteiger partial charge in [-0.25, -0.2) is 0 Å². The largest absolute Gasteiger partial charge is 0.373 e. The van der Waals surface area contributed by atoms with Crippen molar-refractivity contribution in [2.24, 2.45) is 0 Å². The second-order valence-corrected chi connectivity index (χ2v) is 9.57. The molecule has 1 atom stereocenters. The summed E-state index contributed by atoms with van der Waals surface area (Å²) in [5.41, 5.74) is 9.13. The summed E-state index contributed by atoms with van der Waals surface area (Å²) in [6.07, 6.45) is 0.250. The van der Waals surface area contributed by atoms with Crippen LogP contribution in [-0.2, 0) is 16.1 Å². The average molecular weight is 528 g/mol. The maximum Gasteiger partial charge on any atom is 0.373 e. The second-order valence-electron chi connectivity index (χ2n) is 9.57. The Morgan fingerprint density at radius 2 is 1.50 bits per heavy atom. The third-order valence-corrected chi connectivity index (χ3v) is 7.20. The first-order chi connectivity index (χ1) is 19.4. The number of nitriles is 1. The zero-order valence-corrected chi connectivity index (χ0v) is 22.6. The first-order valence-corrected chi connectivity index (χ1v) is 12.9. The van der Waals surface area contributed by atoms with Crippen LogP contribution in [-0.4, -0.2) is 16.6 Å². The summed E-state index contributed by atoms with van der Waals surface area (Å²) in [5.74, 6) is -0.150. The summed E-state index contributed by atoms with van der Waals surface area (Å²) < 4.78 is 2.32. The number of carbonyl (C=O) groups is 1. The molecule has 0 spiro atoms. The average Bonchev–Trinajstić information content (AvgIpc) is 3.22. The minimum atomic E-state index is -0.273. The lowest BCUT2D eigenvalue weighted by atomic mass is 10.0. The summed E-state index contributed by atoms with van der Waals surface area (Å²) in [7, 11) is 0. The molecule has 0 radical (unpaired) electrons. The van der Waals surface area contributed by atoms with Gasteiger partial charge in [0.2, 0.25) is 0 Å². The van der Waals surface area contributed by atoms with Gasteiger partial charge in [0, 0.05) is 28.7 Å². The molecule has 1 amide bonds. The number of aromatic nitrogens is 1. The van der Waals surface area contributed by atoms with E-state index in [1.165, 1.54) is 27.9 Å². The molecule has 0 unspecified atom stereocenters. The topological polar surface area (TPSA) is 92.0 Å². The van der Waals surface area contributed by atoms with Crippen LogP contribution >= 0.6 is 0 Å². The lowest BCUT2D eigenvalue weighted by Crippen LogP contribution is -2.27. The van der Waals surface area contributed by atoms with E-state index in [2.05, 4.69) is 78.3 Å². The van der Waals surface area contributed by atoms with Gasteiger partial charge in [0.15, 0.2) is 0 Å². The first kappa shape index (κ1) is 27.8. The molecule has 0 fully saturated rings. The van der Waals surface area contributed by atoms with Crippen LogP contribution in [0.4, 0.5) is 0 Å². The van der Waals surface area contributed by atoms with Gasteiger partial charge >= 0.3 is 6.15 Å². The highest BCUT2D eigenvalue weighted by atomic mass is 16.2. The lowest BCUT2D eigenvalue weighted by Gasteiger charge is -2.16. The molecule has 0 bridgehead atoms. The third kappa shape index (κ3) is 5.91. The van der Waals surface area contributed by atoms with Gasteiger partial charge in [-0.15, -0.1) is 0 Å². The number of hydrogen-bond acceptors (Lipinski definition) is 4. The van der Waals surface area contributed by atoms with E-state index in [1.54, 1.807) is 6.07 Å². The van der Waals surface area contributed by atoms with E-state index in [4.69, 9.17) is 9.59 Å². The quantitative estimate of drug-likeness (QED) is 0.264. The Bertz CT molecular complexity index is 1720. The first-order valence-electron chi connectivity index (χ1n) is 12.9. The number of fused-ring (bicyclic) bond motifs is 1. The summed E-state index contributed by atoms with van der Waals surface area (Å²) in [6, 6.07) is 34.3. The second kappa shape index (κ2) is 12.5. The highest BCUT2D eigenvalue weighted by Gasteiger charge is 2.17. The van der Waals surface area contributed by atoms with E-state index in [0.29, 0.717) is 11.1 Å². The van der Waals surface area contributed by atoms with Crippen LogP contribution in [0.2, 0.25) is 0 Å². The van der Waals surface area contributed by atoms with Crippen LogP contribution in [0.5, 0.6) is 0 Å². The van der Waals surface area contributed by atoms with Crippen LogP contribution in [0.15, 0.2) is 97.1 Å². The fourth-order valence-corrected chi connectivity index (χ4v) is 4.94. The predicted octanol–water partition coefficient (Wildman–Crippen LogP) is 6.75. The van der Waals surface area contributed by atoms with E-state index in [0.717, 1.165) is 23.0 Å². The molecular weight excluding hydrogens is 498 g/mol. The Morgan fingerprint density at radius 1 is 0.875 bits per heavy atom. The van der Waals surface area contributed by atoms with Gasteiger partial charge in [0.1, 0.15) is 0 Å². The Morgan fingerprint density at radius 3 is 2.17 bits per heavy atom. The van der Waals surface area contributed by atoms with Crippen molar-refractivity contribution in [2.45, 2.75) is 33.4 Å². The van der Waals surface area contributed by atoms with E-state index < -0.39 is 0 Å². The van der Waals surface area contributed by atoms with Crippen molar-refractivity contribution in [3.05, 3.63) is 131 Å². The fourth-order valence-electron chi connectivity index (χ4n) is 4.94. The van der Waals surface area contributed by atoms with Crippen molar-refractivity contribution >= 4 is 23.0 Å². The van der Waals surface area contributed by atoms with E-state index in [1.807, 2.05) is 49.4 Å². The number of aryl methyl sites for hydroxylation is 1. The Labute approximate surface area is 233 Å². The van der Waals surface area contributed by atoms with Gasteiger partial charge in [0.25, 0.3) is 5.91 Å². The van der Waals surface area contributed by atoms with Crippen LogP contribution < -0.4 is 5.32 Å². The van der Waals surface area contributed by atoms with Crippen LogP contribution in [0.1, 0.15) is 51.3 Å². The predicted molar refractivity (Wildman–Crippen MR) is 154 cm³/mol. The van der Waals surface area contributed by atoms with E-state index in [9.17, 15) is 10.1 Å². The van der Waals surface area contributed by atoms with Gasteiger partial charge < -0.3 is 9.88 Å². The standard InChI is InChI=1S/C33H29N3O.CO2/c1-22-24(3)36(21-25-13-15-27(16-14-25)26-9-5-4-6-10-26)32-18-17-28(19-31(22)32)33(37)35-23(2)30-12-8-7-11-29(30)20-34;2-1-3/h4-19,23H,21H2,1-3H3,(H,35,37);/t23-;/m1./s1. The van der Waals surface area contributed by atoms with Gasteiger partial charge in [-0.05, 0) is 72.9 Å². The van der Waals surface area contributed by atoms with E-state index in [-0.39, 0.29) is 18.1 Å². The Balaban J connectivity index is 0.00000118. The summed E-state index contributed by atoms with van der Waals surface area (Å²) in [6.45, 7) is 6.91. The minimum Gasteiger partial charge on any atom is -0.345 e. The van der Waals surface area contributed by atoms with Crippen LogP contribution in [0, 0.1) is 25.2 Å². The van der Waals surface area contributed by atoms with Crippen molar-refractivity contribution in [3.8, 4) is 17.2 Å². The number of nitrogens with one attached hydrogen (secondary N) is 1. The molecule has 40 heavy (non-hydrogen) atoms. The van der Waals surface area contributed by atoms with Crippen molar-refractivity contribution < 1.29 is 14.4 Å². The molecule has 5 rings (SSSR count). The number of nitrogens with zero attached hydrogens (tertiary/aromatic N) is 2. The molecule has 1 N–H and O–H groups in total. The molecule has 4 aromatic carbocycles. The smallest absolute Gasteiger partial charge is 0.345 e. The fraction of sp³-hybridized carbons (Fsp3) is 0.147. The number of amides is 1. The third-order valence-electron chi connectivity index (χ3n) is 7.20. The maximum atomic E-state index is 13.1. The van der Waals surface area contributed by atoms with Gasteiger partial charge in [0.05, 0.1) is 17.7 Å². The molecule has 6 nitrogen and oxygen atoms in total. The number of rotatable bonds is 6. The van der Waals surface area contributed by atoms with Crippen molar-refractivity contribution in [1.29, 1.82) is 5.26 Å². The van der Waals surface area contributed by atoms with Gasteiger partial charge in [-0.3, -0.25) is 4.79 Å². The van der Waals surface area contributed by atoms with Crippen LogP contribution in [0.25, 0.3) is 22.0 Å². The Kier molecular flexibility index (Phi) is 8.71. The molecule has 1 heterocycles. The molecule has 5 aromatic rings. The summed E-state index contributed by atoms with van der Waals surface area (Å²) >= 11 is 0. The number of benzene rings is 4. The van der Waals surface area contributed by atoms with Crippen molar-refractivity contribution in [3.63, 3.8) is 0 Å². The summed E-state index contributed by atoms with van der Waals surface area (Å²) in [4.78, 5) is 29.4. The molecular formula is C34H29N3O3. The zero-order chi connectivity index (χ0) is 28.6. The van der Waals surface area contributed by atoms with Crippen molar-refractivity contribution in [2.75, 3.05) is 0 Å². The zero-order valence-electron chi connectivity index (χ0n) is 22.6. The Hall–Kier alpha value is -5.24. The van der Waals surface area contributed by atoms with Gasteiger partial charge in [-0.1, -0.05) is 72.8 Å². The molecule has 0 aliphatic rings. The molecule has 6 heteroatoms. The highest BCUT2D eigenvalue weighted by molar-refractivity contribution is 5.99. The lowest BCUT2D eigenvalue weighted by molar-refractivity contribution is -0.191. The maximum absolute atomic E-state index is 13.1. The van der Waals surface area contributed by atoms with Crippen molar-refractivity contribution in [1.82, 2.24) is 9.88 Å². The highest BCUT2D eigenvalue weighted by Crippen LogP contribution is 2.28. The molecule has 0 saturated heterocycles.